The maximum atomic E-state index is 13.2. The fraction of sp³-hybridized carbons (Fsp3) is 0.259. The van der Waals surface area contributed by atoms with E-state index in [0.29, 0.717) is 23.5 Å². The molecule has 34 heavy (non-hydrogen) atoms. The van der Waals surface area contributed by atoms with Crippen LogP contribution in [0.2, 0.25) is 0 Å². The van der Waals surface area contributed by atoms with Gasteiger partial charge in [0.1, 0.15) is 11.5 Å². The molecule has 1 atom stereocenters. The molecule has 1 aliphatic heterocycles. The number of unbranched alkanes of at least 4 members (excludes halogenated alkanes) is 1. The van der Waals surface area contributed by atoms with Crippen LogP contribution in [0.3, 0.4) is 0 Å². The van der Waals surface area contributed by atoms with Crippen molar-refractivity contribution >= 4 is 17.4 Å². The zero-order valence-electron chi connectivity index (χ0n) is 19.3. The van der Waals surface area contributed by atoms with E-state index in [4.69, 9.17) is 4.74 Å². The molecule has 1 aromatic carbocycles. The molecule has 1 saturated heterocycles. The number of aryl methyl sites for hydroxylation is 1. The number of ether oxygens (including phenoxy) is 1. The average Bonchev–Trinajstić information content (AvgIpc) is 3.10. The van der Waals surface area contributed by atoms with Crippen LogP contribution in [0.5, 0.6) is 5.75 Å². The molecule has 0 aliphatic carbocycles. The second-order valence-corrected chi connectivity index (χ2v) is 8.25. The smallest absolute Gasteiger partial charge is 0.295 e. The third kappa shape index (κ3) is 4.69. The van der Waals surface area contributed by atoms with Gasteiger partial charge in [-0.25, -0.2) is 0 Å². The van der Waals surface area contributed by atoms with Gasteiger partial charge in [-0.2, -0.15) is 0 Å². The van der Waals surface area contributed by atoms with Crippen molar-refractivity contribution in [2.45, 2.75) is 39.3 Å². The van der Waals surface area contributed by atoms with Gasteiger partial charge in [0.05, 0.1) is 18.2 Å². The highest BCUT2D eigenvalue weighted by atomic mass is 16.5. The Bertz CT molecular complexity index is 1210. The molecule has 1 amide bonds. The third-order valence-corrected chi connectivity index (χ3v) is 5.86. The van der Waals surface area contributed by atoms with Crippen molar-refractivity contribution in [1.29, 1.82) is 0 Å². The Morgan fingerprint density at radius 2 is 1.88 bits per heavy atom. The van der Waals surface area contributed by atoms with Crippen molar-refractivity contribution in [3.8, 4) is 5.75 Å². The first kappa shape index (κ1) is 23.2. The minimum absolute atomic E-state index is 0.0582. The molecule has 2 aromatic heterocycles. The lowest BCUT2D eigenvalue weighted by molar-refractivity contribution is -0.140. The molecule has 1 aliphatic rings. The van der Waals surface area contributed by atoms with Crippen molar-refractivity contribution in [2.75, 3.05) is 6.61 Å². The number of benzene rings is 1. The zero-order chi connectivity index (χ0) is 24.1. The first-order valence-electron chi connectivity index (χ1n) is 11.3. The number of hydrogen-bond donors (Lipinski definition) is 1. The van der Waals surface area contributed by atoms with Gasteiger partial charge in [-0.1, -0.05) is 19.4 Å². The van der Waals surface area contributed by atoms with Crippen molar-refractivity contribution in [1.82, 2.24) is 14.9 Å². The minimum Gasteiger partial charge on any atom is -0.507 e. The molecular formula is C27H27N3O4. The van der Waals surface area contributed by atoms with E-state index < -0.39 is 17.7 Å². The summed E-state index contributed by atoms with van der Waals surface area (Å²) in [6.45, 7) is 4.74. The largest absolute Gasteiger partial charge is 0.507 e. The molecule has 0 saturated carbocycles. The zero-order valence-corrected chi connectivity index (χ0v) is 19.3. The van der Waals surface area contributed by atoms with E-state index in [9.17, 15) is 14.7 Å². The lowest BCUT2D eigenvalue weighted by atomic mass is 9.94. The van der Waals surface area contributed by atoms with Crippen LogP contribution in [0.1, 0.15) is 48.1 Å². The average molecular weight is 458 g/mol. The lowest BCUT2D eigenvalue weighted by Crippen LogP contribution is -2.29. The highest BCUT2D eigenvalue weighted by Gasteiger charge is 2.46. The Hall–Kier alpha value is -4.00. The maximum Gasteiger partial charge on any atom is 0.295 e. The lowest BCUT2D eigenvalue weighted by Gasteiger charge is -2.25. The summed E-state index contributed by atoms with van der Waals surface area (Å²) in [4.78, 5) is 35.9. The summed E-state index contributed by atoms with van der Waals surface area (Å²) in [6.07, 6.45) is 8.50. The summed E-state index contributed by atoms with van der Waals surface area (Å²) in [7, 11) is 0. The maximum absolute atomic E-state index is 13.2. The van der Waals surface area contributed by atoms with Crippen LogP contribution in [0, 0.1) is 6.92 Å². The Kier molecular flexibility index (Phi) is 7.01. The molecule has 3 aromatic rings. The number of nitrogens with zero attached hydrogens (tertiary/aromatic N) is 3. The molecule has 1 unspecified atom stereocenters. The summed E-state index contributed by atoms with van der Waals surface area (Å²) >= 11 is 0. The Morgan fingerprint density at radius 1 is 1.09 bits per heavy atom. The topological polar surface area (TPSA) is 92.6 Å². The summed E-state index contributed by atoms with van der Waals surface area (Å²) in [5.41, 5.74) is 2.77. The Morgan fingerprint density at radius 3 is 2.56 bits per heavy atom. The molecule has 0 spiro atoms. The predicted molar refractivity (Wildman–Crippen MR) is 128 cm³/mol. The van der Waals surface area contributed by atoms with Crippen LogP contribution >= 0.6 is 0 Å². The second kappa shape index (κ2) is 10.3. The van der Waals surface area contributed by atoms with Crippen molar-refractivity contribution in [3.05, 3.63) is 95.1 Å². The molecule has 0 bridgehead atoms. The minimum atomic E-state index is -0.747. The SMILES string of the molecule is CCCCOc1ccc(/C(O)=C2\C(=O)C(=O)N(Cc3cccnc3)C2c2ccncc2)c(C)c1. The van der Waals surface area contributed by atoms with Crippen LogP contribution in [0.4, 0.5) is 0 Å². The van der Waals surface area contributed by atoms with E-state index in [1.807, 2.05) is 19.1 Å². The van der Waals surface area contributed by atoms with Gasteiger partial charge in [0.2, 0.25) is 0 Å². The monoisotopic (exact) mass is 457 g/mol. The predicted octanol–water partition coefficient (Wildman–Crippen LogP) is 4.59. The van der Waals surface area contributed by atoms with E-state index >= 15 is 0 Å². The highest BCUT2D eigenvalue weighted by molar-refractivity contribution is 6.46. The second-order valence-electron chi connectivity index (χ2n) is 8.25. The number of rotatable bonds is 8. The normalized spacial score (nSPS) is 17.2. The first-order chi connectivity index (χ1) is 16.5. The Balaban J connectivity index is 1.76. The summed E-state index contributed by atoms with van der Waals surface area (Å²) in [5, 5.41) is 11.3. The fourth-order valence-corrected chi connectivity index (χ4v) is 4.09. The van der Waals surface area contributed by atoms with Crippen LogP contribution in [-0.4, -0.2) is 38.3 Å². The van der Waals surface area contributed by atoms with E-state index in [1.165, 1.54) is 4.90 Å². The number of aromatic nitrogens is 2. The van der Waals surface area contributed by atoms with Crippen molar-refractivity contribution < 1.29 is 19.4 Å². The number of aliphatic hydroxyl groups excluding tert-OH is 1. The number of Topliss-reactive ketones (excluding diaryl/α,β-unsaturated/α-hetero) is 1. The highest BCUT2D eigenvalue weighted by Crippen LogP contribution is 2.40. The molecular weight excluding hydrogens is 430 g/mol. The van der Waals surface area contributed by atoms with E-state index in [-0.39, 0.29) is 17.9 Å². The molecule has 3 heterocycles. The van der Waals surface area contributed by atoms with Crippen LogP contribution in [0.15, 0.2) is 72.8 Å². The van der Waals surface area contributed by atoms with Gasteiger partial charge in [0.15, 0.2) is 0 Å². The van der Waals surface area contributed by atoms with Gasteiger partial charge in [0, 0.05) is 36.9 Å². The number of aliphatic hydroxyl groups is 1. The molecule has 7 heteroatoms. The molecule has 0 radical (unpaired) electrons. The summed E-state index contributed by atoms with van der Waals surface area (Å²) in [6, 6.07) is 11.7. The van der Waals surface area contributed by atoms with Gasteiger partial charge in [-0.3, -0.25) is 19.6 Å². The quantitative estimate of drug-likeness (QED) is 0.230. The third-order valence-electron chi connectivity index (χ3n) is 5.86. The van der Waals surface area contributed by atoms with Gasteiger partial charge < -0.3 is 14.7 Å². The van der Waals surface area contributed by atoms with Gasteiger partial charge in [-0.15, -0.1) is 0 Å². The number of pyridine rings is 2. The number of amides is 1. The van der Waals surface area contributed by atoms with Gasteiger partial charge in [-0.05, 0) is 66.4 Å². The molecule has 1 fully saturated rings. The van der Waals surface area contributed by atoms with E-state index in [1.54, 1.807) is 55.1 Å². The standard InChI is InChI=1S/C27H27N3O4/c1-3-4-14-34-21-7-8-22(18(2)15-21)25(31)23-24(20-9-12-28-13-10-20)30(27(33)26(23)32)17-19-6-5-11-29-16-19/h5-13,15-16,24,31H,3-4,14,17H2,1-2H3/b25-23+. The molecule has 174 valence electrons. The fourth-order valence-electron chi connectivity index (χ4n) is 4.09. The van der Waals surface area contributed by atoms with E-state index in [0.717, 1.165) is 24.0 Å². The molecule has 1 N–H and O–H groups in total. The van der Waals surface area contributed by atoms with Crippen LogP contribution in [-0.2, 0) is 16.1 Å². The van der Waals surface area contributed by atoms with Gasteiger partial charge in [0.25, 0.3) is 11.7 Å². The summed E-state index contributed by atoms with van der Waals surface area (Å²) in [5.74, 6) is -0.882. The number of ketones is 1. The number of carbonyl (C=O) groups is 2. The van der Waals surface area contributed by atoms with Crippen molar-refractivity contribution in [2.24, 2.45) is 0 Å². The van der Waals surface area contributed by atoms with Gasteiger partial charge >= 0.3 is 0 Å². The van der Waals surface area contributed by atoms with Crippen LogP contribution < -0.4 is 4.74 Å². The van der Waals surface area contributed by atoms with Crippen molar-refractivity contribution in [3.63, 3.8) is 0 Å². The van der Waals surface area contributed by atoms with E-state index in [2.05, 4.69) is 16.9 Å². The molecule has 7 nitrogen and oxygen atoms in total. The first-order valence-corrected chi connectivity index (χ1v) is 11.3. The summed E-state index contributed by atoms with van der Waals surface area (Å²) < 4.78 is 5.76. The Labute approximate surface area is 198 Å². The number of hydrogen-bond acceptors (Lipinski definition) is 6. The van der Waals surface area contributed by atoms with Crippen LogP contribution in [0.25, 0.3) is 5.76 Å². The number of likely N-dealkylation sites (tertiary alicyclic amines) is 1. The number of carbonyl (C=O) groups excluding carboxylic acids is 2. The molecule has 4 rings (SSSR count).